The van der Waals surface area contributed by atoms with Gasteiger partial charge in [0, 0.05) is 16.1 Å². The van der Waals surface area contributed by atoms with E-state index in [1.807, 2.05) is 48.5 Å². The highest BCUT2D eigenvalue weighted by Gasteiger charge is 2.13. The Hall–Kier alpha value is -1.80. The molecule has 2 aromatic carbocycles. The summed E-state index contributed by atoms with van der Waals surface area (Å²) in [6.07, 6.45) is 0. The van der Waals surface area contributed by atoms with Crippen molar-refractivity contribution in [3.8, 4) is 0 Å². The first-order valence-electron chi connectivity index (χ1n) is 5.38. The highest BCUT2D eigenvalue weighted by atomic mass is 35.5. The summed E-state index contributed by atoms with van der Waals surface area (Å²) in [6.45, 7) is 0.567. The molecule has 0 radical (unpaired) electrons. The maximum absolute atomic E-state index is 5.85. The molecule has 0 saturated heterocycles. The number of rotatable bonds is 1. The fraction of sp³-hybridized carbons (Fsp3) is 0.0714. The van der Waals surface area contributed by atoms with E-state index in [2.05, 4.69) is 4.99 Å². The first-order valence-corrected chi connectivity index (χ1v) is 5.76. The minimum Gasteiger partial charge on any atom is -0.472 e. The van der Waals surface area contributed by atoms with Crippen LogP contribution in [-0.4, -0.2) is 5.90 Å². The number of halogens is 1. The first-order chi connectivity index (χ1) is 8.33. The van der Waals surface area contributed by atoms with Crippen LogP contribution in [0.15, 0.2) is 53.5 Å². The quantitative estimate of drug-likeness (QED) is 0.743. The Bertz CT molecular complexity index is 575. The smallest absolute Gasteiger partial charge is 0.221 e. The zero-order valence-electron chi connectivity index (χ0n) is 9.06. The van der Waals surface area contributed by atoms with Gasteiger partial charge >= 0.3 is 0 Å². The number of para-hydroxylation sites is 1. The molecule has 84 valence electrons. The summed E-state index contributed by atoms with van der Waals surface area (Å²) >= 11 is 5.85. The largest absolute Gasteiger partial charge is 0.472 e. The summed E-state index contributed by atoms with van der Waals surface area (Å²) < 4.78 is 5.64. The molecule has 17 heavy (non-hydrogen) atoms. The van der Waals surface area contributed by atoms with Crippen LogP contribution in [0.1, 0.15) is 11.1 Å². The third-order valence-corrected chi connectivity index (χ3v) is 2.92. The predicted molar refractivity (Wildman–Crippen MR) is 68.9 cm³/mol. The summed E-state index contributed by atoms with van der Waals surface area (Å²) in [4.78, 5) is 4.50. The fourth-order valence-corrected chi connectivity index (χ4v) is 1.90. The van der Waals surface area contributed by atoms with E-state index in [9.17, 15) is 0 Å². The maximum atomic E-state index is 5.85. The molecule has 1 aliphatic rings. The van der Waals surface area contributed by atoms with Crippen molar-refractivity contribution in [2.24, 2.45) is 4.99 Å². The molecule has 0 unspecified atom stereocenters. The zero-order valence-corrected chi connectivity index (χ0v) is 9.82. The fourth-order valence-electron chi connectivity index (χ4n) is 1.77. The van der Waals surface area contributed by atoms with Crippen LogP contribution in [0, 0.1) is 0 Å². The minimum absolute atomic E-state index is 0.567. The molecule has 3 heteroatoms. The number of hydrogen-bond acceptors (Lipinski definition) is 2. The molecule has 0 N–H and O–H groups in total. The summed E-state index contributed by atoms with van der Waals surface area (Å²) in [6, 6.07) is 15.5. The minimum atomic E-state index is 0.567. The monoisotopic (exact) mass is 243 g/mol. The van der Waals surface area contributed by atoms with Crippen LogP contribution in [0.25, 0.3) is 0 Å². The Morgan fingerprint density at radius 3 is 2.59 bits per heavy atom. The van der Waals surface area contributed by atoms with Gasteiger partial charge in [0.1, 0.15) is 6.61 Å². The Morgan fingerprint density at radius 2 is 1.76 bits per heavy atom. The van der Waals surface area contributed by atoms with E-state index in [0.717, 1.165) is 16.8 Å². The molecule has 1 aliphatic heterocycles. The van der Waals surface area contributed by atoms with E-state index in [0.29, 0.717) is 17.5 Å². The topological polar surface area (TPSA) is 21.6 Å². The lowest BCUT2D eigenvalue weighted by atomic mass is 10.1. The van der Waals surface area contributed by atoms with Crippen molar-refractivity contribution in [1.29, 1.82) is 0 Å². The molecule has 0 amide bonds. The van der Waals surface area contributed by atoms with Crippen molar-refractivity contribution in [3.05, 3.63) is 64.7 Å². The molecule has 0 bridgehead atoms. The second-order valence-electron chi connectivity index (χ2n) is 3.84. The Balaban J connectivity index is 2.01. The lowest BCUT2D eigenvalue weighted by Crippen LogP contribution is -2.10. The molecule has 2 nitrogen and oxygen atoms in total. The molecular weight excluding hydrogens is 234 g/mol. The van der Waals surface area contributed by atoms with Crippen LogP contribution < -0.4 is 0 Å². The molecule has 3 rings (SSSR count). The second kappa shape index (κ2) is 4.22. The molecule has 0 aromatic heterocycles. The van der Waals surface area contributed by atoms with E-state index in [4.69, 9.17) is 16.3 Å². The van der Waals surface area contributed by atoms with E-state index in [1.165, 1.54) is 0 Å². The van der Waals surface area contributed by atoms with E-state index in [-0.39, 0.29) is 0 Å². The number of ether oxygens (including phenoxy) is 1. The van der Waals surface area contributed by atoms with E-state index < -0.39 is 0 Å². The van der Waals surface area contributed by atoms with Gasteiger partial charge in [0.15, 0.2) is 0 Å². The number of benzene rings is 2. The van der Waals surface area contributed by atoms with Gasteiger partial charge in [-0.25, -0.2) is 4.99 Å². The average molecular weight is 244 g/mol. The molecular formula is C14H10ClNO. The van der Waals surface area contributed by atoms with E-state index in [1.54, 1.807) is 0 Å². The Morgan fingerprint density at radius 1 is 1.00 bits per heavy atom. The predicted octanol–water partition coefficient (Wildman–Crippen LogP) is 3.95. The summed E-state index contributed by atoms with van der Waals surface area (Å²) in [7, 11) is 0. The number of aliphatic imine (C=N–C) groups is 1. The van der Waals surface area contributed by atoms with Gasteiger partial charge in [-0.05, 0) is 30.3 Å². The molecule has 2 aromatic rings. The van der Waals surface area contributed by atoms with Gasteiger partial charge in [-0.1, -0.05) is 29.8 Å². The van der Waals surface area contributed by atoms with Crippen molar-refractivity contribution in [2.75, 3.05) is 0 Å². The third kappa shape index (κ3) is 2.04. The van der Waals surface area contributed by atoms with Gasteiger partial charge in [0.2, 0.25) is 5.90 Å². The van der Waals surface area contributed by atoms with Crippen LogP contribution in [0.4, 0.5) is 5.69 Å². The van der Waals surface area contributed by atoms with Gasteiger partial charge in [0.05, 0.1) is 5.69 Å². The van der Waals surface area contributed by atoms with Crippen molar-refractivity contribution in [2.45, 2.75) is 6.61 Å². The van der Waals surface area contributed by atoms with Crippen molar-refractivity contribution < 1.29 is 4.74 Å². The standard InChI is InChI=1S/C14H10ClNO/c15-12-7-5-10(6-8-12)14-16-13-4-2-1-3-11(13)9-17-14/h1-8H,9H2. The summed E-state index contributed by atoms with van der Waals surface area (Å²) in [5.41, 5.74) is 3.04. The van der Waals surface area contributed by atoms with Crippen LogP contribution in [0.2, 0.25) is 5.02 Å². The number of fused-ring (bicyclic) bond motifs is 1. The Labute approximate surface area is 105 Å². The SMILES string of the molecule is Clc1ccc(C2=Nc3ccccc3CO2)cc1. The first kappa shape index (κ1) is 10.4. The Kier molecular flexibility index (Phi) is 2.57. The molecule has 0 saturated carbocycles. The zero-order chi connectivity index (χ0) is 11.7. The normalized spacial score (nSPS) is 13.6. The van der Waals surface area contributed by atoms with Crippen molar-refractivity contribution >= 4 is 23.2 Å². The molecule has 0 spiro atoms. The maximum Gasteiger partial charge on any atom is 0.221 e. The van der Waals surface area contributed by atoms with Gasteiger partial charge in [-0.15, -0.1) is 0 Å². The van der Waals surface area contributed by atoms with Gasteiger partial charge < -0.3 is 4.74 Å². The third-order valence-electron chi connectivity index (χ3n) is 2.67. The van der Waals surface area contributed by atoms with Gasteiger partial charge in [0.25, 0.3) is 0 Å². The molecule has 1 heterocycles. The van der Waals surface area contributed by atoms with E-state index >= 15 is 0 Å². The van der Waals surface area contributed by atoms with Gasteiger partial charge in [-0.3, -0.25) is 0 Å². The molecule has 0 atom stereocenters. The van der Waals surface area contributed by atoms with Crippen LogP contribution in [0.5, 0.6) is 0 Å². The van der Waals surface area contributed by atoms with Crippen molar-refractivity contribution in [1.82, 2.24) is 0 Å². The number of hydrogen-bond donors (Lipinski definition) is 0. The van der Waals surface area contributed by atoms with Crippen LogP contribution >= 0.6 is 11.6 Å². The highest BCUT2D eigenvalue weighted by Crippen LogP contribution is 2.26. The number of nitrogens with zero attached hydrogens (tertiary/aromatic N) is 1. The molecule has 0 aliphatic carbocycles. The van der Waals surface area contributed by atoms with Gasteiger partial charge in [-0.2, -0.15) is 0 Å². The lowest BCUT2D eigenvalue weighted by Gasteiger charge is -2.16. The molecule has 0 fully saturated rings. The van der Waals surface area contributed by atoms with Crippen LogP contribution in [-0.2, 0) is 11.3 Å². The summed E-state index contributed by atoms with van der Waals surface area (Å²) in [5, 5.41) is 0.713. The summed E-state index contributed by atoms with van der Waals surface area (Å²) in [5.74, 6) is 0.653. The average Bonchev–Trinajstić information content (AvgIpc) is 2.39. The lowest BCUT2D eigenvalue weighted by molar-refractivity contribution is 0.288. The second-order valence-corrected chi connectivity index (χ2v) is 4.28. The highest BCUT2D eigenvalue weighted by molar-refractivity contribution is 6.30. The van der Waals surface area contributed by atoms with Crippen molar-refractivity contribution in [3.63, 3.8) is 0 Å². The van der Waals surface area contributed by atoms with Crippen LogP contribution in [0.3, 0.4) is 0 Å².